The zero-order valence-electron chi connectivity index (χ0n) is 15.2. The van der Waals surface area contributed by atoms with Gasteiger partial charge in [-0.25, -0.2) is 9.78 Å². The van der Waals surface area contributed by atoms with Gasteiger partial charge in [0.15, 0.2) is 0 Å². The van der Waals surface area contributed by atoms with Gasteiger partial charge in [-0.1, -0.05) is 6.07 Å². The molecule has 1 aromatic rings. The van der Waals surface area contributed by atoms with Crippen LogP contribution in [0, 0.1) is 5.41 Å². The van der Waals surface area contributed by atoms with Crippen LogP contribution < -0.4 is 0 Å². The average Bonchev–Trinajstić information content (AvgIpc) is 2.85. The molecule has 138 valence electrons. The van der Waals surface area contributed by atoms with Crippen molar-refractivity contribution >= 4 is 22.0 Å². The second-order valence-electron chi connectivity index (χ2n) is 8.55. The molecule has 1 unspecified atom stereocenters. The second kappa shape index (κ2) is 6.54. The number of carbonyl (C=O) groups excluding carboxylic acids is 1. The SMILES string of the molecule is CC(C)(C)OC(=O)N1CCC2(CC1)CCC(O)(c1ccc(Br)nc1)C2. The fraction of sp³-hybridized carbons (Fsp3) is 0.684. The summed E-state index contributed by atoms with van der Waals surface area (Å²) in [6, 6.07) is 3.83. The largest absolute Gasteiger partial charge is 0.444 e. The molecule has 1 saturated heterocycles. The van der Waals surface area contributed by atoms with E-state index in [0.717, 1.165) is 42.3 Å². The maximum Gasteiger partial charge on any atom is 0.410 e. The summed E-state index contributed by atoms with van der Waals surface area (Å²) in [6.07, 6.45) is 5.85. The zero-order chi connectivity index (χ0) is 18.3. The molecule has 1 atom stereocenters. The number of nitrogens with zero attached hydrogens (tertiary/aromatic N) is 2. The molecule has 6 heteroatoms. The van der Waals surface area contributed by atoms with E-state index in [1.165, 1.54) is 0 Å². The number of halogens is 1. The molecule has 2 fully saturated rings. The maximum atomic E-state index is 12.2. The standard InChI is InChI=1S/C19H27BrN2O3/c1-17(2,3)25-16(23)22-10-8-18(9-11-22)6-7-19(24,13-18)14-4-5-15(20)21-12-14/h4-5,12,24H,6-11,13H2,1-3H3. The molecule has 1 spiro atoms. The predicted molar refractivity (Wildman–Crippen MR) is 99.2 cm³/mol. The van der Waals surface area contributed by atoms with Crippen LogP contribution in [-0.2, 0) is 10.3 Å². The van der Waals surface area contributed by atoms with E-state index < -0.39 is 11.2 Å². The summed E-state index contributed by atoms with van der Waals surface area (Å²) in [6.45, 7) is 7.06. The number of rotatable bonds is 1. The minimum absolute atomic E-state index is 0.111. The van der Waals surface area contributed by atoms with Crippen LogP contribution >= 0.6 is 15.9 Å². The highest BCUT2D eigenvalue weighted by Crippen LogP contribution is 2.54. The molecule has 1 aromatic heterocycles. The normalized spacial score (nSPS) is 26.0. The van der Waals surface area contributed by atoms with Crippen molar-refractivity contribution in [3.05, 3.63) is 28.5 Å². The number of hydrogen-bond acceptors (Lipinski definition) is 4. The average molecular weight is 411 g/mol. The summed E-state index contributed by atoms with van der Waals surface area (Å²) in [5.74, 6) is 0. The molecule has 3 rings (SSSR count). The van der Waals surface area contributed by atoms with Gasteiger partial charge in [0.2, 0.25) is 0 Å². The number of pyridine rings is 1. The van der Waals surface area contributed by atoms with Crippen LogP contribution in [0.3, 0.4) is 0 Å². The van der Waals surface area contributed by atoms with Crippen LogP contribution in [0.5, 0.6) is 0 Å². The monoisotopic (exact) mass is 410 g/mol. The summed E-state index contributed by atoms with van der Waals surface area (Å²) < 4.78 is 6.25. The minimum atomic E-state index is -0.804. The van der Waals surface area contributed by atoms with E-state index in [0.29, 0.717) is 13.1 Å². The van der Waals surface area contributed by atoms with Gasteiger partial charge >= 0.3 is 6.09 Å². The number of likely N-dealkylation sites (tertiary alicyclic amines) is 1. The molecule has 0 bridgehead atoms. The lowest BCUT2D eigenvalue weighted by Crippen LogP contribution is -2.45. The highest BCUT2D eigenvalue weighted by Gasteiger charge is 2.49. The Morgan fingerprint density at radius 2 is 1.92 bits per heavy atom. The van der Waals surface area contributed by atoms with Gasteiger partial charge in [-0.2, -0.15) is 0 Å². The quantitative estimate of drug-likeness (QED) is 0.703. The lowest BCUT2D eigenvalue weighted by Gasteiger charge is -2.40. The zero-order valence-corrected chi connectivity index (χ0v) is 16.8. The Labute approximate surface area is 157 Å². The lowest BCUT2D eigenvalue weighted by atomic mass is 9.75. The van der Waals surface area contributed by atoms with Crippen LogP contribution in [0.1, 0.15) is 58.4 Å². The van der Waals surface area contributed by atoms with Gasteiger partial charge in [0.1, 0.15) is 10.2 Å². The van der Waals surface area contributed by atoms with Crippen molar-refractivity contribution in [2.75, 3.05) is 13.1 Å². The fourth-order valence-corrected chi connectivity index (χ4v) is 4.32. The van der Waals surface area contributed by atoms with Gasteiger partial charge in [0.25, 0.3) is 0 Å². The van der Waals surface area contributed by atoms with E-state index in [4.69, 9.17) is 4.74 Å². The molecular formula is C19H27BrN2O3. The third-order valence-electron chi connectivity index (χ3n) is 5.48. The Kier molecular flexibility index (Phi) is 4.88. The molecule has 1 aliphatic carbocycles. The topological polar surface area (TPSA) is 62.7 Å². The van der Waals surface area contributed by atoms with E-state index in [2.05, 4.69) is 20.9 Å². The Hall–Kier alpha value is -1.14. The van der Waals surface area contributed by atoms with E-state index in [9.17, 15) is 9.90 Å². The highest BCUT2D eigenvalue weighted by molar-refractivity contribution is 9.10. The summed E-state index contributed by atoms with van der Waals surface area (Å²) in [4.78, 5) is 18.3. The molecule has 2 heterocycles. The first-order valence-corrected chi connectivity index (χ1v) is 9.73. The molecule has 5 nitrogen and oxygen atoms in total. The van der Waals surface area contributed by atoms with E-state index >= 15 is 0 Å². The Balaban J connectivity index is 1.63. The summed E-state index contributed by atoms with van der Waals surface area (Å²) >= 11 is 3.34. The first-order valence-electron chi connectivity index (χ1n) is 8.93. The van der Waals surface area contributed by atoms with E-state index in [1.807, 2.05) is 32.9 Å². The number of piperidine rings is 1. The first kappa shape index (κ1) is 18.6. The summed E-state index contributed by atoms with van der Waals surface area (Å²) in [5.41, 5.74) is -0.265. The molecular weight excluding hydrogens is 384 g/mol. The molecule has 1 amide bonds. The van der Waals surface area contributed by atoms with E-state index in [-0.39, 0.29) is 11.5 Å². The minimum Gasteiger partial charge on any atom is -0.444 e. The second-order valence-corrected chi connectivity index (χ2v) is 9.36. The predicted octanol–water partition coefficient (Wildman–Crippen LogP) is 4.23. The Morgan fingerprint density at radius 1 is 1.24 bits per heavy atom. The summed E-state index contributed by atoms with van der Waals surface area (Å²) in [7, 11) is 0. The molecule has 1 N–H and O–H groups in total. The van der Waals surface area contributed by atoms with Gasteiger partial charge in [0, 0.05) is 24.8 Å². The molecule has 1 aliphatic heterocycles. The number of aromatic nitrogens is 1. The van der Waals surface area contributed by atoms with Crippen LogP contribution in [0.25, 0.3) is 0 Å². The number of hydrogen-bond donors (Lipinski definition) is 1. The third-order valence-corrected chi connectivity index (χ3v) is 5.95. The molecule has 25 heavy (non-hydrogen) atoms. The van der Waals surface area contributed by atoms with Crippen LogP contribution in [0.4, 0.5) is 4.79 Å². The number of amides is 1. The van der Waals surface area contributed by atoms with Crippen molar-refractivity contribution in [1.29, 1.82) is 0 Å². The molecule has 2 aliphatic rings. The number of carbonyl (C=O) groups is 1. The molecule has 1 saturated carbocycles. The fourth-order valence-electron chi connectivity index (χ4n) is 4.08. The van der Waals surface area contributed by atoms with Crippen molar-refractivity contribution in [2.24, 2.45) is 5.41 Å². The molecule has 0 radical (unpaired) electrons. The van der Waals surface area contributed by atoms with Gasteiger partial charge in [0.05, 0.1) is 5.60 Å². The van der Waals surface area contributed by atoms with Gasteiger partial charge in [-0.3, -0.25) is 0 Å². The third kappa shape index (κ3) is 4.17. The van der Waals surface area contributed by atoms with Crippen LogP contribution in [0.2, 0.25) is 0 Å². The van der Waals surface area contributed by atoms with E-state index in [1.54, 1.807) is 11.1 Å². The number of aliphatic hydroxyl groups is 1. The van der Waals surface area contributed by atoms with Crippen LogP contribution in [0.15, 0.2) is 22.9 Å². The Bertz CT molecular complexity index is 633. The highest BCUT2D eigenvalue weighted by atomic mass is 79.9. The van der Waals surface area contributed by atoms with Crippen LogP contribution in [-0.4, -0.2) is 39.8 Å². The maximum absolute atomic E-state index is 12.2. The van der Waals surface area contributed by atoms with Crippen molar-refractivity contribution < 1.29 is 14.6 Å². The van der Waals surface area contributed by atoms with Crippen molar-refractivity contribution in [3.63, 3.8) is 0 Å². The van der Waals surface area contributed by atoms with Gasteiger partial charge in [-0.05, 0) is 80.3 Å². The molecule has 0 aromatic carbocycles. The summed E-state index contributed by atoms with van der Waals surface area (Å²) in [5, 5.41) is 11.1. The lowest BCUT2D eigenvalue weighted by molar-refractivity contribution is -0.00116. The first-order chi connectivity index (χ1) is 11.6. The smallest absolute Gasteiger partial charge is 0.410 e. The number of ether oxygens (including phenoxy) is 1. The van der Waals surface area contributed by atoms with Crippen molar-refractivity contribution in [2.45, 2.75) is 64.1 Å². The van der Waals surface area contributed by atoms with Crippen molar-refractivity contribution in [3.8, 4) is 0 Å². The van der Waals surface area contributed by atoms with Gasteiger partial charge < -0.3 is 14.7 Å². The van der Waals surface area contributed by atoms with Crippen molar-refractivity contribution in [1.82, 2.24) is 9.88 Å². The van der Waals surface area contributed by atoms with Gasteiger partial charge in [-0.15, -0.1) is 0 Å². The Morgan fingerprint density at radius 3 is 2.48 bits per heavy atom.